The molecule has 1 atom stereocenters. The van der Waals surface area contributed by atoms with Crippen LogP contribution in [0.1, 0.15) is 30.1 Å². The van der Waals surface area contributed by atoms with Crippen LogP contribution in [0.2, 0.25) is 0 Å². The topological polar surface area (TPSA) is 57.3 Å². The molecule has 0 aliphatic carbocycles. The third kappa shape index (κ3) is 3.70. The predicted octanol–water partition coefficient (Wildman–Crippen LogP) is 2.10. The van der Waals surface area contributed by atoms with Crippen molar-refractivity contribution in [3.05, 3.63) is 22.3 Å². The van der Waals surface area contributed by atoms with Crippen LogP contribution in [-0.2, 0) is 0 Å². The van der Waals surface area contributed by atoms with Gasteiger partial charge in [-0.2, -0.15) is 0 Å². The molecule has 20 heavy (non-hydrogen) atoms. The van der Waals surface area contributed by atoms with Crippen molar-refractivity contribution >= 4 is 27.7 Å². The predicted molar refractivity (Wildman–Crippen MR) is 84.1 cm³/mol. The van der Waals surface area contributed by atoms with E-state index in [0.29, 0.717) is 24.0 Å². The molecule has 1 unspecified atom stereocenters. The van der Waals surface area contributed by atoms with Crippen molar-refractivity contribution < 1.29 is 4.79 Å². The third-order valence-electron chi connectivity index (χ3n) is 3.61. The summed E-state index contributed by atoms with van der Waals surface area (Å²) in [5.74, 6) is 0.558. The van der Waals surface area contributed by atoms with E-state index in [1.54, 1.807) is 12.3 Å². The van der Waals surface area contributed by atoms with E-state index in [1.165, 1.54) is 6.42 Å². The number of nitrogens with one attached hydrogen (secondary N) is 2. The number of likely N-dealkylation sites (tertiary alicyclic amines) is 1. The van der Waals surface area contributed by atoms with Gasteiger partial charge in [-0.25, -0.2) is 4.98 Å². The van der Waals surface area contributed by atoms with E-state index in [2.05, 4.69) is 43.5 Å². The monoisotopic (exact) mass is 340 g/mol. The lowest BCUT2D eigenvalue weighted by atomic mass is 10.2. The summed E-state index contributed by atoms with van der Waals surface area (Å²) in [6, 6.07) is 2.25. The number of hydrogen-bond acceptors (Lipinski definition) is 4. The number of carbonyl (C=O) groups excluding carboxylic acids is 1. The second kappa shape index (κ2) is 7.04. The Bertz CT molecular complexity index is 480. The molecule has 1 aromatic heterocycles. The summed E-state index contributed by atoms with van der Waals surface area (Å²) >= 11 is 3.36. The Morgan fingerprint density at radius 3 is 3.05 bits per heavy atom. The van der Waals surface area contributed by atoms with Gasteiger partial charge in [0.25, 0.3) is 5.91 Å². The Labute approximate surface area is 128 Å². The smallest absolute Gasteiger partial charge is 0.255 e. The van der Waals surface area contributed by atoms with Crippen molar-refractivity contribution in [1.29, 1.82) is 0 Å². The summed E-state index contributed by atoms with van der Waals surface area (Å²) in [5.41, 5.74) is 0.585. The average Bonchev–Trinajstić information content (AvgIpc) is 2.84. The Kier molecular flexibility index (Phi) is 5.37. The lowest BCUT2D eigenvalue weighted by Gasteiger charge is -2.20. The molecule has 1 aliphatic rings. The fraction of sp³-hybridized carbons (Fsp3) is 0.571. The molecule has 0 saturated carbocycles. The van der Waals surface area contributed by atoms with Gasteiger partial charge in [0.2, 0.25) is 0 Å². The highest BCUT2D eigenvalue weighted by atomic mass is 79.9. The minimum Gasteiger partial charge on any atom is -0.370 e. The quantitative estimate of drug-likeness (QED) is 0.861. The van der Waals surface area contributed by atoms with Gasteiger partial charge in [0.05, 0.1) is 5.56 Å². The molecule has 1 aliphatic heterocycles. The van der Waals surface area contributed by atoms with Crippen LogP contribution in [-0.4, -0.2) is 48.5 Å². The maximum atomic E-state index is 12.3. The summed E-state index contributed by atoms with van der Waals surface area (Å²) in [4.78, 5) is 18.9. The average molecular weight is 341 g/mol. The maximum absolute atomic E-state index is 12.3. The van der Waals surface area contributed by atoms with Gasteiger partial charge in [0, 0.05) is 29.8 Å². The van der Waals surface area contributed by atoms with Crippen molar-refractivity contribution in [3.8, 4) is 0 Å². The van der Waals surface area contributed by atoms with Gasteiger partial charge in [0.15, 0.2) is 0 Å². The van der Waals surface area contributed by atoms with Crippen molar-refractivity contribution in [3.63, 3.8) is 0 Å². The zero-order valence-corrected chi connectivity index (χ0v) is 13.5. The van der Waals surface area contributed by atoms with E-state index in [9.17, 15) is 4.79 Å². The molecule has 6 heteroatoms. The molecule has 2 rings (SSSR count). The molecule has 0 spiro atoms. The Morgan fingerprint density at radius 2 is 2.40 bits per heavy atom. The molecule has 0 bridgehead atoms. The molecular weight excluding hydrogens is 320 g/mol. The number of halogens is 1. The molecule has 110 valence electrons. The van der Waals surface area contributed by atoms with Crippen molar-refractivity contribution in [2.75, 3.05) is 32.0 Å². The van der Waals surface area contributed by atoms with E-state index in [1.807, 2.05) is 6.92 Å². The molecule has 0 radical (unpaired) electrons. The van der Waals surface area contributed by atoms with Crippen LogP contribution in [0.5, 0.6) is 0 Å². The Hall–Kier alpha value is -1.14. The van der Waals surface area contributed by atoms with Crippen LogP contribution in [0.25, 0.3) is 0 Å². The van der Waals surface area contributed by atoms with E-state index >= 15 is 0 Å². The number of hydrogen-bond donors (Lipinski definition) is 2. The van der Waals surface area contributed by atoms with Gasteiger partial charge in [0.1, 0.15) is 5.82 Å². The number of aromatic nitrogens is 1. The number of likely N-dealkylation sites (N-methyl/N-ethyl adjacent to an activating group) is 1. The van der Waals surface area contributed by atoms with E-state index in [0.717, 1.165) is 24.0 Å². The van der Waals surface area contributed by atoms with Gasteiger partial charge in [-0.1, -0.05) is 0 Å². The molecule has 0 aromatic carbocycles. The number of rotatable bonds is 5. The number of carbonyl (C=O) groups is 1. The van der Waals surface area contributed by atoms with Crippen molar-refractivity contribution in [2.24, 2.45) is 0 Å². The summed E-state index contributed by atoms with van der Waals surface area (Å²) in [5, 5.41) is 6.13. The number of nitrogens with zero attached hydrogens (tertiary/aromatic N) is 2. The molecule has 5 nitrogen and oxygen atoms in total. The van der Waals surface area contributed by atoms with Crippen LogP contribution in [0, 0.1) is 0 Å². The summed E-state index contributed by atoms with van der Waals surface area (Å²) in [6.45, 7) is 4.52. The SMILES string of the molecule is CCNc1ncc(Br)cc1C(=O)NCC1CCCN1C. The highest BCUT2D eigenvalue weighted by Crippen LogP contribution is 2.18. The standard InChI is InChI=1S/C14H21BrN4O/c1-3-16-13-12(7-10(15)8-17-13)14(20)18-9-11-5-4-6-19(11)2/h7-8,11H,3-6,9H2,1-2H3,(H,16,17)(H,18,20). The first-order valence-corrected chi connectivity index (χ1v) is 7.79. The fourth-order valence-electron chi connectivity index (χ4n) is 2.46. The highest BCUT2D eigenvalue weighted by molar-refractivity contribution is 9.10. The number of anilines is 1. The fourth-order valence-corrected chi connectivity index (χ4v) is 2.79. The summed E-state index contributed by atoms with van der Waals surface area (Å²) < 4.78 is 0.808. The first-order chi connectivity index (χ1) is 9.61. The molecular formula is C14H21BrN4O. The zero-order chi connectivity index (χ0) is 14.5. The molecule has 1 amide bonds. The third-order valence-corrected chi connectivity index (χ3v) is 4.05. The van der Waals surface area contributed by atoms with Crippen molar-refractivity contribution in [2.45, 2.75) is 25.8 Å². The second-order valence-electron chi connectivity index (χ2n) is 5.07. The van der Waals surface area contributed by atoms with Crippen LogP contribution in [0.4, 0.5) is 5.82 Å². The maximum Gasteiger partial charge on any atom is 0.255 e. The van der Waals surface area contributed by atoms with Gasteiger partial charge in [-0.15, -0.1) is 0 Å². The lowest BCUT2D eigenvalue weighted by molar-refractivity contribution is 0.0944. The Balaban J connectivity index is 2.02. The number of pyridine rings is 1. The minimum absolute atomic E-state index is 0.0740. The first-order valence-electron chi connectivity index (χ1n) is 6.99. The van der Waals surface area contributed by atoms with Gasteiger partial charge < -0.3 is 15.5 Å². The molecule has 1 fully saturated rings. The van der Waals surface area contributed by atoms with Crippen LogP contribution >= 0.6 is 15.9 Å². The highest BCUT2D eigenvalue weighted by Gasteiger charge is 2.22. The second-order valence-corrected chi connectivity index (χ2v) is 5.98. The molecule has 2 N–H and O–H groups in total. The molecule has 1 saturated heterocycles. The summed E-state index contributed by atoms with van der Waals surface area (Å²) in [7, 11) is 2.11. The lowest BCUT2D eigenvalue weighted by Crippen LogP contribution is -2.38. The van der Waals surface area contributed by atoms with E-state index in [4.69, 9.17) is 0 Å². The minimum atomic E-state index is -0.0740. The van der Waals surface area contributed by atoms with Gasteiger partial charge in [-0.3, -0.25) is 4.79 Å². The molecule has 2 heterocycles. The van der Waals surface area contributed by atoms with Crippen LogP contribution < -0.4 is 10.6 Å². The van der Waals surface area contributed by atoms with E-state index in [-0.39, 0.29) is 5.91 Å². The van der Waals surface area contributed by atoms with Crippen LogP contribution in [0.15, 0.2) is 16.7 Å². The molecule has 1 aromatic rings. The largest absolute Gasteiger partial charge is 0.370 e. The van der Waals surface area contributed by atoms with Gasteiger partial charge in [-0.05, 0) is 55.4 Å². The first kappa shape index (κ1) is 15.3. The normalized spacial score (nSPS) is 19.1. The summed E-state index contributed by atoms with van der Waals surface area (Å²) in [6.07, 6.45) is 4.05. The van der Waals surface area contributed by atoms with Crippen molar-refractivity contribution in [1.82, 2.24) is 15.2 Å². The zero-order valence-electron chi connectivity index (χ0n) is 11.9. The van der Waals surface area contributed by atoms with Gasteiger partial charge >= 0.3 is 0 Å². The van der Waals surface area contributed by atoms with Crippen LogP contribution in [0.3, 0.4) is 0 Å². The Morgan fingerprint density at radius 1 is 1.60 bits per heavy atom. The van der Waals surface area contributed by atoms with E-state index < -0.39 is 0 Å². The number of amides is 1.